The average Bonchev–Trinajstić information content (AvgIpc) is 2.85. The SMILES string of the molecule is O=S(=O)(F)Cc1cccc(OC2CC2)c1. The summed E-state index contributed by atoms with van der Waals surface area (Å²) < 4.78 is 38.8. The van der Waals surface area contributed by atoms with Gasteiger partial charge in [-0.25, -0.2) is 0 Å². The Hall–Kier alpha value is -1.10. The molecular formula is C10H11FO3S. The molecule has 5 heteroatoms. The largest absolute Gasteiger partial charge is 0.490 e. The van der Waals surface area contributed by atoms with Crippen molar-refractivity contribution >= 4 is 10.2 Å². The molecular weight excluding hydrogens is 219 g/mol. The lowest BCUT2D eigenvalue weighted by atomic mass is 10.2. The molecule has 1 fully saturated rings. The lowest BCUT2D eigenvalue weighted by molar-refractivity contribution is 0.303. The van der Waals surface area contributed by atoms with Gasteiger partial charge in [-0.2, -0.15) is 8.42 Å². The van der Waals surface area contributed by atoms with Gasteiger partial charge >= 0.3 is 10.2 Å². The summed E-state index contributed by atoms with van der Waals surface area (Å²) in [5.74, 6) is 0.0214. The van der Waals surface area contributed by atoms with Crippen LogP contribution in [0.3, 0.4) is 0 Å². The highest BCUT2D eigenvalue weighted by atomic mass is 32.3. The second-order valence-electron chi connectivity index (χ2n) is 3.65. The van der Waals surface area contributed by atoms with Crippen molar-refractivity contribution in [3.8, 4) is 5.75 Å². The second kappa shape index (κ2) is 3.81. The molecule has 15 heavy (non-hydrogen) atoms. The molecule has 2 rings (SSSR count). The van der Waals surface area contributed by atoms with Gasteiger partial charge in [-0.1, -0.05) is 12.1 Å². The first-order valence-electron chi connectivity index (χ1n) is 4.71. The number of halogens is 1. The number of ether oxygens (including phenoxy) is 1. The average molecular weight is 230 g/mol. The number of hydrogen-bond donors (Lipinski definition) is 0. The van der Waals surface area contributed by atoms with Gasteiger partial charge in [0.05, 0.1) is 6.10 Å². The summed E-state index contributed by atoms with van der Waals surface area (Å²) in [5, 5.41) is 0. The molecule has 0 radical (unpaired) electrons. The van der Waals surface area contributed by atoms with E-state index in [1.807, 2.05) is 0 Å². The van der Waals surface area contributed by atoms with Crippen LogP contribution < -0.4 is 4.74 Å². The first-order chi connectivity index (χ1) is 7.03. The van der Waals surface area contributed by atoms with Crippen LogP contribution in [0.2, 0.25) is 0 Å². The third-order valence-electron chi connectivity index (χ3n) is 2.06. The summed E-state index contributed by atoms with van der Waals surface area (Å²) in [6.45, 7) is 0. The van der Waals surface area contributed by atoms with Crippen LogP contribution in [-0.4, -0.2) is 14.5 Å². The highest BCUT2D eigenvalue weighted by Crippen LogP contribution is 2.27. The predicted octanol–water partition coefficient (Wildman–Crippen LogP) is 2.03. The zero-order valence-corrected chi connectivity index (χ0v) is 8.84. The smallest absolute Gasteiger partial charge is 0.306 e. The summed E-state index contributed by atoms with van der Waals surface area (Å²) in [7, 11) is -4.46. The molecule has 0 bridgehead atoms. The Kier molecular flexibility index (Phi) is 2.65. The third kappa shape index (κ3) is 3.51. The van der Waals surface area contributed by atoms with Crippen LogP contribution >= 0.6 is 0 Å². The highest BCUT2D eigenvalue weighted by molar-refractivity contribution is 7.85. The van der Waals surface area contributed by atoms with Crippen LogP contribution in [0.15, 0.2) is 24.3 Å². The Morgan fingerprint density at radius 1 is 1.40 bits per heavy atom. The van der Waals surface area contributed by atoms with Gasteiger partial charge in [-0.05, 0) is 30.5 Å². The van der Waals surface area contributed by atoms with Crippen LogP contribution in [0.25, 0.3) is 0 Å². The van der Waals surface area contributed by atoms with Crippen molar-refractivity contribution in [2.75, 3.05) is 0 Å². The van der Waals surface area contributed by atoms with Gasteiger partial charge in [-0.15, -0.1) is 3.89 Å². The molecule has 0 unspecified atom stereocenters. The van der Waals surface area contributed by atoms with E-state index in [0.29, 0.717) is 11.3 Å². The molecule has 0 amide bonds. The second-order valence-corrected chi connectivity index (χ2v) is 5.01. The first kappa shape index (κ1) is 10.4. The third-order valence-corrected chi connectivity index (χ3v) is 2.74. The standard InChI is InChI=1S/C10H11FO3S/c11-15(12,13)7-8-2-1-3-10(6-8)14-9-4-5-9/h1-3,6,9H,4-5,7H2. The molecule has 1 aromatic carbocycles. The quantitative estimate of drug-likeness (QED) is 0.743. The number of hydrogen-bond acceptors (Lipinski definition) is 3. The minimum absolute atomic E-state index is 0.252. The van der Waals surface area contributed by atoms with E-state index in [4.69, 9.17) is 4.74 Å². The van der Waals surface area contributed by atoms with E-state index >= 15 is 0 Å². The van der Waals surface area contributed by atoms with Crippen LogP contribution in [-0.2, 0) is 16.0 Å². The minimum Gasteiger partial charge on any atom is -0.490 e. The van der Waals surface area contributed by atoms with E-state index in [1.54, 1.807) is 24.3 Å². The normalized spacial score (nSPS) is 16.3. The van der Waals surface area contributed by atoms with Crippen LogP contribution in [0.4, 0.5) is 3.89 Å². The summed E-state index contributed by atoms with van der Waals surface area (Å²) in [6, 6.07) is 6.54. The fourth-order valence-electron chi connectivity index (χ4n) is 1.29. The van der Waals surface area contributed by atoms with Crippen molar-refractivity contribution in [2.24, 2.45) is 0 Å². The first-order valence-corrected chi connectivity index (χ1v) is 6.26. The van der Waals surface area contributed by atoms with Gasteiger partial charge in [0.25, 0.3) is 0 Å². The minimum atomic E-state index is -4.46. The predicted molar refractivity (Wildman–Crippen MR) is 53.8 cm³/mol. The lowest BCUT2D eigenvalue weighted by Gasteiger charge is -2.05. The van der Waals surface area contributed by atoms with Crippen LogP contribution in [0.1, 0.15) is 18.4 Å². The summed E-state index contributed by atoms with van der Waals surface area (Å²) in [5.41, 5.74) is 0.413. The number of benzene rings is 1. The fraction of sp³-hybridized carbons (Fsp3) is 0.400. The zero-order valence-electron chi connectivity index (χ0n) is 8.02. The maximum Gasteiger partial charge on any atom is 0.306 e. The van der Waals surface area contributed by atoms with Crippen LogP contribution in [0, 0.1) is 0 Å². The molecule has 0 aliphatic heterocycles. The summed E-state index contributed by atoms with van der Waals surface area (Å²) in [4.78, 5) is 0. The van der Waals surface area contributed by atoms with Gasteiger partial charge in [-0.3, -0.25) is 0 Å². The molecule has 82 valence electrons. The highest BCUT2D eigenvalue weighted by Gasteiger charge is 2.23. The molecule has 0 saturated heterocycles. The molecule has 0 heterocycles. The fourth-order valence-corrected chi connectivity index (χ4v) is 1.86. The molecule has 1 aliphatic carbocycles. The van der Waals surface area contributed by atoms with Crippen molar-refractivity contribution in [1.29, 1.82) is 0 Å². The molecule has 1 aromatic rings. The van der Waals surface area contributed by atoms with E-state index in [9.17, 15) is 12.3 Å². The van der Waals surface area contributed by atoms with E-state index < -0.39 is 16.0 Å². The molecule has 1 saturated carbocycles. The monoisotopic (exact) mass is 230 g/mol. The summed E-state index contributed by atoms with van der Waals surface area (Å²) >= 11 is 0. The van der Waals surface area contributed by atoms with Crippen molar-refractivity contribution in [3.05, 3.63) is 29.8 Å². The Bertz CT molecular complexity index is 451. The maximum atomic E-state index is 12.4. The van der Waals surface area contributed by atoms with Crippen molar-refractivity contribution in [2.45, 2.75) is 24.7 Å². The molecule has 0 N–H and O–H groups in total. The molecule has 0 aromatic heterocycles. The van der Waals surface area contributed by atoms with Crippen molar-refractivity contribution < 1.29 is 17.0 Å². The lowest BCUT2D eigenvalue weighted by Crippen LogP contribution is -1.99. The number of rotatable bonds is 4. The Labute approximate surface area is 88.1 Å². The Balaban J connectivity index is 2.10. The van der Waals surface area contributed by atoms with Gasteiger partial charge in [0, 0.05) is 0 Å². The topological polar surface area (TPSA) is 43.4 Å². The Morgan fingerprint density at radius 3 is 2.73 bits per heavy atom. The van der Waals surface area contributed by atoms with E-state index in [1.165, 1.54) is 0 Å². The van der Waals surface area contributed by atoms with Crippen molar-refractivity contribution in [3.63, 3.8) is 0 Å². The van der Waals surface area contributed by atoms with Crippen LogP contribution in [0.5, 0.6) is 5.75 Å². The molecule has 0 spiro atoms. The van der Waals surface area contributed by atoms with Crippen molar-refractivity contribution in [1.82, 2.24) is 0 Å². The van der Waals surface area contributed by atoms with Gasteiger partial charge in [0.15, 0.2) is 0 Å². The van der Waals surface area contributed by atoms with Gasteiger partial charge < -0.3 is 4.74 Å². The molecule has 3 nitrogen and oxygen atoms in total. The maximum absolute atomic E-state index is 12.4. The van der Waals surface area contributed by atoms with Gasteiger partial charge in [0.1, 0.15) is 11.5 Å². The summed E-state index contributed by atoms with van der Waals surface area (Å²) in [6.07, 6.45) is 2.32. The molecule has 0 atom stereocenters. The zero-order chi connectivity index (χ0) is 10.9. The Morgan fingerprint density at radius 2 is 2.13 bits per heavy atom. The van der Waals surface area contributed by atoms with E-state index in [0.717, 1.165) is 12.8 Å². The van der Waals surface area contributed by atoms with E-state index in [2.05, 4.69) is 0 Å². The molecule has 1 aliphatic rings. The van der Waals surface area contributed by atoms with E-state index in [-0.39, 0.29) is 6.10 Å². The van der Waals surface area contributed by atoms with Gasteiger partial charge in [0.2, 0.25) is 0 Å².